The summed E-state index contributed by atoms with van der Waals surface area (Å²) in [6.07, 6.45) is 11.7. The Morgan fingerprint density at radius 2 is 1.00 bits per heavy atom. The van der Waals surface area contributed by atoms with Gasteiger partial charge in [-0.15, -0.1) is 0 Å². The fourth-order valence-electron chi connectivity index (χ4n) is 5.21. The summed E-state index contributed by atoms with van der Waals surface area (Å²) in [7, 11) is 0. The van der Waals surface area contributed by atoms with Gasteiger partial charge in [0.25, 0.3) is 0 Å². The van der Waals surface area contributed by atoms with E-state index in [4.69, 9.17) is 4.74 Å². The molecular formula is C32H42O. The summed E-state index contributed by atoms with van der Waals surface area (Å²) in [5, 5.41) is 0. The smallest absolute Gasteiger partial charge is 0.0572 e. The average molecular weight is 443 g/mol. The molecular weight excluding hydrogens is 400 g/mol. The molecule has 0 aliphatic rings. The second-order valence-corrected chi connectivity index (χ2v) is 9.15. The summed E-state index contributed by atoms with van der Waals surface area (Å²) in [6, 6.07) is 33.3. The van der Waals surface area contributed by atoms with Crippen LogP contribution in [0.5, 0.6) is 0 Å². The van der Waals surface area contributed by atoms with Crippen LogP contribution < -0.4 is 0 Å². The van der Waals surface area contributed by atoms with Gasteiger partial charge >= 0.3 is 0 Å². The van der Waals surface area contributed by atoms with Crippen molar-refractivity contribution in [3.63, 3.8) is 0 Å². The van der Waals surface area contributed by atoms with E-state index in [1.54, 1.807) is 0 Å². The maximum absolute atomic E-state index is 5.80. The molecule has 0 saturated carbocycles. The number of ether oxygens (including phenoxy) is 1. The van der Waals surface area contributed by atoms with E-state index in [9.17, 15) is 0 Å². The predicted molar refractivity (Wildman–Crippen MR) is 142 cm³/mol. The molecule has 0 heterocycles. The fourth-order valence-corrected chi connectivity index (χ4v) is 5.21. The van der Waals surface area contributed by atoms with Gasteiger partial charge in [-0.3, -0.25) is 0 Å². The van der Waals surface area contributed by atoms with Crippen LogP contribution in [0.15, 0.2) is 91.0 Å². The molecule has 1 atom stereocenters. The van der Waals surface area contributed by atoms with Crippen LogP contribution in [0.2, 0.25) is 0 Å². The number of hydrogen-bond donors (Lipinski definition) is 0. The summed E-state index contributed by atoms with van der Waals surface area (Å²) in [5.41, 5.74) is 4.08. The Balaban J connectivity index is 1.65. The molecule has 0 spiro atoms. The molecule has 1 nitrogen and oxygen atoms in total. The third-order valence-electron chi connectivity index (χ3n) is 6.99. The molecule has 0 saturated heterocycles. The van der Waals surface area contributed by atoms with Gasteiger partial charge in [0.2, 0.25) is 0 Å². The lowest BCUT2D eigenvalue weighted by Crippen LogP contribution is -2.29. The molecule has 0 aromatic heterocycles. The minimum atomic E-state index is -0.102. The zero-order valence-electron chi connectivity index (χ0n) is 20.7. The van der Waals surface area contributed by atoms with E-state index >= 15 is 0 Å². The maximum Gasteiger partial charge on any atom is 0.0572 e. The van der Waals surface area contributed by atoms with Crippen molar-refractivity contribution in [1.29, 1.82) is 0 Å². The van der Waals surface area contributed by atoms with E-state index < -0.39 is 0 Å². The summed E-state index contributed by atoms with van der Waals surface area (Å²) in [6.45, 7) is 5.17. The largest absolute Gasteiger partial charge is 0.379 e. The quantitative estimate of drug-likeness (QED) is 0.168. The minimum absolute atomic E-state index is 0.102. The summed E-state index contributed by atoms with van der Waals surface area (Å²) < 4.78 is 5.80. The molecule has 1 unspecified atom stereocenters. The predicted octanol–water partition coefficient (Wildman–Crippen LogP) is 8.96. The molecule has 3 rings (SSSR count). The van der Waals surface area contributed by atoms with Crippen LogP contribution >= 0.6 is 0 Å². The van der Waals surface area contributed by atoms with Gasteiger partial charge in [-0.1, -0.05) is 136 Å². The lowest BCUT2D eigenvalue weighted by Gasteiger charge is -2.36. The van der Waals surface area contributed by atoms with Gasteiger partial charge in [-0.2, -0.15) is 0 Å². The number of unbranched alkanes of at least 4 members (excludes halogenated alkanes) is 5. The van der Waals surface area contributed by atoms with E-state index in [2.05, 4.69) is 105 Å². The van der Waals surface area contributed by atoms with Crippen LogP contribution in [0.4, 0.5) is 0 Å². The lowest BCUT2D eigenvalue weighted by atomic mass is 9.66. The van der Waals surface area contributed by atoms with Gasteiger partial charge in [0.05, 0.1) is 6.10 Å². The van der Waals surface area contributed by atoms with Gasteiger partial charge in [0, 0.05) is 12.0 Å². The van der Waals surface area contributed by atoms with Crippen LogP contribution in [-0.2, 0) is 10.2 Å². The molecule has 0 N–H and O–H groups in total. The standard InChI is InChI=1S/C32H42O/c1-3-31(33-4-2)26-18-7-5-6-8-19-27-32(28-20-12-9-13-21-28,29-22-14-10-15-23-29)30-24-16-11-17-25-30/h9-17,20-25,31H,3-8,18-19,26-27H2,1-2H3. The van der Waals surface area contributed by atoms with Gasteiger partial charge < -0.3 is 4.74 Å². The Morgan fingerprint density at radius 1 is 0.576 bits per heavy atom. The van der Waals surface area contributed by atoms with Crippen molar-refractivity contribution in [3.8, 4) is 0 Å². The second-order valence-electron chi connectivity index (χ2n) is 9.15. The molecule has 0 radical (unpaired) electrons. The SMILES string of the molecule is CCOC(CC)CCCCCCCCC(c1ccccc1)(c1ccccc1)c1ccccc1. The van der Waals surface area contributed by atoms with Gasteiger partial charge in [-0.25, -0.2) is 0 Å². The topological polar surface area (TPSA) is 9.23 Å². The maximum atomic E-state index is 5.80. The molecule has 0 aliphatic heterocycles. The van der Waals surface area contributed by atoms with E-state index in [1.807, 2.05) is 0 Å². The van der Waals surface area contributed by atoms with E-state index in [0.717, 1.165) is 19.4 Å². The van der Waals surface area contributed by atoms with Crippen LogP contribution in [0.25, 0.3) is 0 Å². The normalized spacial score (nSPS) is 12.5. The number of benzene rings is 3. The van der Waals surface area contributed by atoms with E-state index in [1.165, 1.54) is 61.6 Å². The molecule has 176 valence electrons. The number of rotatable bonds is 15. The molecule has 33 heavy (non-hydrogen) atoms. The molecule has 1 heteroatoms. The first kappa shape index (κ1) is 25.2. The third-order valence-corrected chi connectivity index (χ3v) is 6.99. The van der Waals surface area contributed by atoms with Crippen molar-refractivity contribution < 1.29 is 4.74 Å². The third kappa shape index (κ3) is 7.05. The van der Waals surface area contributed by atoms with Crippen molar-refractivity contribution in [1.82, 2.24) is 0 Å². The van der Waals surface area contributed by atoms with Crippen molar-refractivity contribution in [2.24, 2.45) is 0 Å². The Hall–Kier alpha value is -2.38. The Bertz CT molecular complexity index is 775. The highest BCUT2D eigenvalue weighted by Crippen LogP contribution is 2.43. The first-order chi connectivity index (χ1) is 16.3. The van der Waals surface area contributed by atoms with Crippen molar-refractivity contribution in [2.75, 3.05) is 6.61 Å². The minimum Gasteiger partial charge on any atom is -0.379 e. The highest BCUT2D eigenvalue weighted by Gasteiger charge is 2.35. The lowest BCUT2D eigenvalue weighted by molar-refractivity contribution is 0.0523. The molecule has 3 aromatic rings. The van der Waals surface area contributed by atoms with E-state index in [0.29, 0.717) is 6.10 Å². The molecule has 0 fully saturated rings. The van der Waals surface area contributed by atoms with Crippen molar-refractivity contribution >= 4 is 0 Å². The Labute approximate surface area is 202 Å². The summed E-state index contributed by atoms with van der Waals surface area (Å²) in [4.78, 5) is 0. The monoisotopic (exact) mass is 442 g/mol. The van der Waals surface area contributed by atoms with Gasteiger partial charge in [0.1, 0.15) is 0 Å². The highest BCUT2D eigenvalue weighted by molar-refractivity contribution is 5.50. The summed E-state index contributed by atoms with van der Waals surface area (Å²) in [5.74, 6) is 0. The molecule has 0 bridgehead atoms. The molecule has 0 amide bonds. The first-order valence-electron chi connectivity index (χ1n) is 13.1. The Morgan fingerprint density at radius 3 is 1.42 bits per heavy atom. The highest BCUT2D eigenvalue weighted by atomic mass is 16.5. The van der Waals surface area contributed by atoms with Gasteiger partial charge in [-0.05, 0) is 42.9 Å². The number of hydrogen-bond acceptors (Lipinski definition) is 1. The Kier molecular flexibility index (Phi) is 10.7. The fraction of sp³-hybridized carbons (Fsp3) is 0.438. The van der Waals surface area contributed by atoms with Gasteiger partial charge in [0.15, 0.2) is 0 Å². The average Bonchev–Trinajstić information content (AvgIpc) is 2.89. The van der Waals surface area contributed by atoms with Crippen LogP contribution in [-0.4, -0.2) is 12.7 Å². The first-order valence-corrected chi connectivity index (χ1v) is 13.1. The zero-order valence-corrected chi connectivity index (χ0v) is 20.7. The molecule has 3 aromatic carbocycles. The molecule has 0 aliphatic carbocycles. The van der Waals surface area contributed by atoms with Crippen LogP contribution in [0, 0.1) is 0 Å². The zero-order chi connectivity index (χ0) is 23.2. The van der Waals surface area contributed by atoms with E-state index in [-0.39, 0.29) is 5.41 Å². The summed E-state index contributed by atoms with van der Waals surface area (Å²) >= 11 is 0. The van der Waals surface area contributed by atoms with Crippen molar-refractivity contribution in [3.05, 3.63) is 108 Å². The van der Waals surface area contributed by atoms with Crippen LogP contribution in [0.3, 0.4) is 0 Å². The second kappa shape index (κ2) is 14.0. The van der Waals surface area contributed by atoms with Crippen molar-refractivity contribution in [2.45, 2.75) is 83.2 Å². The van der Waals surface area contributed by atoms with Crippen LogP contribution in [0.1, 0.15) is 88.3 Å².